The summed E-state index contributed by atoms with van der Waals surface area (Å²) in [6, 6.07) is 9.53. The molecule has 5 nitrogen and oxygen atoms in total. The van der Waals surface area contributed by atoms with E-state index < -0.39 is 6.03 Å². The van der Waals surface area contributed by atoms with Gasteiger partial charge >= 0.3 is 6.03 Å². The fraction of sp³-hybridized carbons (Fsp3) is 0.529. The summed E-state index contributed by atoms with van der Waals surface area (Å²) in [5.74, 6) is -0.371. The molecule has 0 fully saturated rings. The van der Waals surface area contributed by atoms with Gasteiger partial charge in [0.1, 0.15) is 0 Å². The Labute approximate surface area is 132 Å². The molecule has 0 saturated heterocycles. The van der Waals surface area contributed by atoms with E-state index in [4.69, 9.17) is 5.21 Å². The Morgan fingerprint density at radius 2 is 1.77 bits per heavy atom. The van der Waals surface area contributed by atoms with Crippen molar-refractivity contribution in [3.8, 4) is 0 Å². The highest BCUT2D eigenvalue weighted by Crippen LogP contribution is 2.29. The number of hydrogen-bond donors (Lipinski definition) is 3. The van der Waals surface area contributed by atoms with Crippen LogP contribution in [0.15, 0.2) is 30.3 Å². The van der Waals surface area contributed by atoms with Crippen molar-refractivity contribution >= 4 is 11.9 Å². The molecule has 0 unspecified atom stereocenters. The van der Waals surface area contributed by atoms with Gasteiger partial charge in [-0.1, -0.05) is 50.6 Å². The van der Waals surface area contributed by atoms with Gasteiger partial charge < -0.3 is 0 Å². The molecule has 0 saturated carbocycles. The number of unbranched alkanes of at least 4 members (excludes halogenated alkanes) is 1. The Morgan fingerprint density at radius 3 is 2.41 bits per heavy atom. The third-order valence-electron chi connectivity index (χ3n) is 3.80. The SMILES string of the molecule is CC(C)(CCCCc1ccccc1)CCC(=O)NC(=O)NO. The molecule has 1 aromatic rings. The zero-order valence-electron chi connectivity index (χ0n) is 13.4. The number of amides is 3. The van der Waals surface area contributed by atoms with Crippen LogP contribution < -0.4 is 10.8 Å². The molecule has 0 heterocycles. The molecular weight excluding hydrogens is 280 g/mol. The number of rotatable bonds is 8. The fourth-order valence-corrected chi connectivity index (χ4v) is 2.37. The van der Waals surface area contributed by atoms with Crippen molar-refractivity contribution in [2.24, 2.45) is 5.41 Å². The highest BCUT2D eigenvalue weighted by Gasteiger charge is 2.19. The number of urea groups is 1. The van der Waals surface area contributed by atoms with Gasteiger partial charge in [0.2, 0.25) is 5.91 Å². The van der Waals surface area contributed by atoms with Crippen molar-refractivity contribution in [1.82, 2.24) is 10.8 Å². The first-order valence-corrected chi connectivity index (χ1v) is 7.71. The van der Waals surface area contributed by atoms with Gasteiger partial charge in [0.25, 0.3) is 0 Å². The van der Waals surface area contributed by atoms with Crippen LogP contribution in [-0.4, -0.2) is 17.1 Å². The lowest BCUT2D eigenvalue weighted by Gasteiger charge is -2.24. The average Bonchev–Trinajstić information content (AvgIpc) is 2.51. The van der Waals surface area contributed by atoms with E-state index >= 15 is 0 Å². The van der Waals surface area contributed by atoms with E-state index in [0.29, 0.717) is 6.42 Å². The topological polar surface area (TPSA) is 78.4 Å². The largest absolute Gasteiger partial charge is 0.345 e. The lowest BCUT2D eigenvalue weighted by molar-refractivity contribution is -0.120. The molecule has 1 rings (SSSR count). The summed E-state index contributed by atoms with van der Waals surface area (Å²) < 4.78 is 0. The van der Waals surface area contributed by atoms with Gasteiger partial charge in [-0.15, -0.1) is 0 Å². The summed E-state index contributed by atoms with van der Waals surface area (Å²) in [4.78, 5) is 22.3. The predicted octanol–water partition coefficient (Wildman–Crippen LogP) is 3.42. The molecule has 0 spiro atoms. The third kappa shape index (κ3) is 7.78. The van der Waals surface area contributed by atoms with Crippen LogP contribution in [-0.2, 0) is 11.2 Å². The molecular formula is C17H26N2O3. The van der Waals surface area contributed by atoms with Crippen LogP contribution in [0.2, 0.25) is 0 Å². The lowest BCUT2D eigenvalue weighted by atomic mass is 9.82. The van der Waals surface area contributed by atoms with Crippen LogP contribution >= 0.6 is 0 Å². The second-order valence-electron chi connectivity index (χ2n) is 6.35. The molecule has 0 aliphatic heterocycles. The molecule has 0 aromatic heterocycles. The lowest BCUT2D eigenvalue weighted by Crippen LogP contribution is -2.38. The van der Waals surface area contributed by atoms with Crippen molar-refractivity contribution in [2.75, 3.05) is 0 Å². The zero-order valence-corrected chi connectivity index (χ0v) is 13.4. The minimum atomic E-state index is -0.884. The standard InChI is InChI=1S/C17H26N2O3/c1-17(2,13-11-15(20)18-16(21)19-22)12-7-6-10-14-8-4-3-5-9-14/h3-5,8-9,22H,6-7,10-13H2,1-2H3,(H2,18,19,20,21). The van der Waals surface area contributed by atoms with E-state index in [1.54, 1.807) is 0 Å². The summed E-state index contributed by atoms with van der Waals surface area (Å²) in [6.07, 6.45) is 5.35. The van der Waals surface area contributed by atoms with E-state index in [2.05, 4.69) is 43.4 Å². The van der Waals surface area contributed by atoms with Gasteiger partial charge in [-0.3, -0.25) is 15.3 Å². The van der Waals surface area contributed by atoms with Crippen LogP contribution in [0.25, 0.3) is 0 Å². The molecule has 5 heteroatoms. The Morgan fingerprint density at radius 1 is 1.09 bits per heavy atom. The third-order valence-corrected chi connectivity index (χ3v) is 3.80. The number of benzene rings is 1. The van der Waals surface area contributed by atoms with Gasteiger partial charge in [-0.2, -0.15) is 0 Å². The number of carbonyl (C=O) groups excluding carboxylic acids is 2. The highest BCUT2D eigenvalue weighted by molar-refractivity contribution is 5.93. The summed E-state index contributed by atoms with van der Waals surface area (Å²) in [5, 5.41) is 10.4. The Hall–Kier alpha value is -1.88. The van der Waals surface area contributed by atoms with Crippen LogP contribution in [0.4, 0.5) is 4.79 Å². The van der Waals surface area contributed by atoms with Gasteiger partial charge in [-0.05, 0) is 36.7 Å². The molecule has 0 radical (unpaired) electrons. The summed E-state index contributed by atoms with van der Waals surface area (Å²) in [5.41, 5.74) is 2.80. The number of aryl methyl sites for hydroxylation is 1. The van der Waals surface area contributed by atoms with E-state index in [-0.39, 0.29) is 17.7 Å². The molecule has 0 atom stereocenters. The maximum atomic E-state index is 11.5. The number of nitrogens with one attached hydrogen (secondary N) is 2. The summed E-state index contributed by atoms with van der Waals surface area (Å²) in [7, 11) is 0. The summed E-state index contributed by atoms with van der Waals surface area (Å²) in [6.45, 7) is 4.27. The molecule has 0 aliphatic rings. The molecule has 3 N–H and O–H groups in total. The van der Waals surface area contributed by atoms with Gasteiger partial charge in [-0.25, -0.2) is 10.3 Å². The van der Waals surface area contributed by atoms with Crippen molar-refractivity contribution in [3.05, 3.63) is 35.9 Å². The Balaban J connectivity index is 2.20. The Kier molecular flexibility index (Phi) is 7.60. The number of carbonyl (C=O) groups is 2. The van der Waals surface area contributed by atoms with E-state index in [9.17, 15) is 9.59 Å². The van der Waals surface area contributed by atoms with Crippen LogP contribution in [0.5, 0.6) is 0 Å². The molecule has 1 aromatic carbocycles. The highest BCUT2D eigenvalue weighted by atomic mass is 16.5. The Bertz CT molecular complexity index is 472. The molecule has 22 heavy (non-hydrogen) atoms. The fourth-order valence-electron chi connectivity index (χ4n) is 2.37. The monoisotopic (exact) mass is 306 g/mol. The quantitative estimate of drug-likeness (QED) is 0.391. The van der Waals surface area contributed by atoms with Gasteiger partial charge in [0.05, 0.1) is 0 Å². The minimum absolute atomic E-state index is 0.0592. The smallest absolute Gasteiger partial charge is 0.287 e. The minimum Gasteiger partial charge on any atom is -0.287 e. The summed E-state index contributed by atoms with van der Waals surface area (Å²) >= 11 is 0. The molecule has 0 aliphatic carbocycles. The van der Waals surface area contributed by atoms with E-state index in [1.807, 2.05) is 6.07 Å². The van der Waals surface area contributed by atoms with Crippen molar-refractivity contribution in [1.29, 1.82) is 0 Å². The van der Waals surface area contributed by atoms with Crippen LogP contribution in [0.3, 0.4) is 0 Å². The van der Waals surface area contributed by atoms with Crippen LogP contribution in [0.1, 0.15) is 51.5 Å². The molecule has 122 valence electrons. The van der Waals surface area contributed by atoms with Gasteiger partial charge in [0.15, 0.2) is 0 Å². The normalized spacial score (nSPS) is 11.0. The predicted molar refractivity (Wildman–Crippen MR) is 85.5 cm³/mol. The number of hydrogen-bond acceptors (Lipinski definition) is 3. The van der Waals surface area contributed by atoms with Crippen molar-refractivity contribution < 1.29 is 14.8 Å². The van der Waals surface area contributed by atoms with Gasteiger partial charge in [0, 0.05) is 6.42 Å². The van der Waals surface area contributed by atoms with Crippen LogP contribution in [0, 0.1) is 5.41 Å². The molecule has 0 bridgehead atoms. The average molecular weight is 306 g/mol. The van der Waals surface area contributed by atoms with E-state index in [1.165, 1.54) is 11.0 Å². The maximum Gasteiger partial charge on any atom is 0.345 e. The van der Waals surface area contributed by atoms with E-state index in [0.717, 1.165) is 25.7 Å². The first-order valence-electron chi connectivity index (χ1n) is 7.71. The second-order valence-corrected chi connectivity index (χ2v) is 6.35. The second kappa shape index (κ2) is 9.20. The van der Waals surface area contributed by atoms with Crippen molar-refractivity contribution in [3.63, 3.8) is 0 Å². The maximum absolute atomic E-state index is 11.5. The van der Waals surface area contributed by atoms with Crippen molar-refractivity contribution in [2.45, 2.75) is 52.4 Å². The zero-order chi connectivity index (χ0) is 16.4. The molecule has 3 amide bonds. The number of imide groups is 1. The first kappa shape index (κ1) is 18.2. The number of hydroxylamine groups is 1. The first-order chi connectivity index (χ1) is 10.4.